The first-order valence-electron chi connectivity index (χ1n) is 2.78. The number of halogens is 1. The van der Waals surface area contributed by atoms with Crippen LogP contribution in [0.4, 0.5) is 0 Å². The zero-order valence-corrected chi connectivity index (χ0v) is 6.21. The van der Waals surface area contributed by atoms with E-state index in [4.69, 9.17) is 0 Å². The van der Waals surface area contributed by atoms with Crippen LogP contribution in [0.2, 0.25) is 0 Å². The molecule has 1 amide bonds. The third-order valence-electron chi connectivity index (χ3n) is 1.28. The lowest BCUT2D eigenvalue weighted by Gasteiger charge is -1.98. The number of hydrogen-bond donors (Lipinski definition) is 0. The molecule has 0 aromatic rings. The van der Waals surface area contributed by atoms with Crippen LogP contribution in [-0.4, -0.2) is 12.1 Å². The highest BCUT2D eigenvalue weighted by Crippen LogP contribution is 2.21. The number of allylic oxidation sites excluding steroid dienone is 1. The number of rotatable bonds is 0. The molecule has 2 aliphatic heterocycles. The van der Waals surface area contributed by atoms with Crippen molar-refractivity contribution in [2.75, 3.05) is 0 Å². The zero-order chi connectivity index (χ0) is 6.97. The Bertz CT molecular complexity index is 308. The Morgan fingerprint density at radius 2 is 2.18 bits per heavy atom. The molecule has 0 fully saturated rings. The number of nitrogens with zero attached hydrogens (tertiary/aromatic N) is 3. The second-order valence-corrected chi connectivity index (χ2v) is 1.89. The summed E-state index contributed by atoms with van der Waals surface area (Å²) < 4.78 is 0. The van der Waals surface area contributed by atoms with Gasteiger partial charge in [-0.3, -0.25) is 4.79 Å². The van der Waals surface area contributed by atoms with Crippen molar-refractivity contribution in [3.05, 3.63) is 23.5 Å². The fourth-order valence-corrected chi connectivity index (χ4v) is 0.802. The fourth-order valence-electron chi connectivity index (χ4n) is 0.802. The first-order chi connectivity index (χ1) is 4.88. The highest BCUT2D eigenvalue weighted by atomic mass is 35.5. The number of carbonyl (C=O) groups excluding carboxylic acids is 1. The summed E-state index contributed by atoms with van der Waals surface area (Å²) in [4.78, 5) is 14.4. The van der Waals surface area contributed by atoms with Gasteiger partial charge in [0.05, 0.1) is 11.8 Å². The van der Waals surface area contributed by atoms with Crippen molar-refractivity contribution in [3.8, 4) is 0 Å². The number of carbonyl (C=O) groups is 1. The normalized spacial score (nSPS) is 18.7. The van der Waals surface area contributed by atoms with Crippen molar-refractivity contribution in [2.24, 2.45) is 15.2 Å². The summed E-state index contributed by atoms with van der Waals surface area (Å²) in [5, 5.41) is 7.26. The van der Waals surface area contributed by atoms with Gasteiger partial charge in [0.25, 0.3) is 5.91 Å². The summed E-state index contributed by atoms with van der Waals surface area (Å²) in [6, 6.07) is 0. The predicted molar refractivity (Wildman–Crippen MR) is 41.8 cm³/mol. The average molecular weight is 170 g/mol. The molecule has 2 aliphatic rings. The standard InChI is InChI=1S/C6H3N3O.ClH/c10-6-4-3-8-9-5(4)1-2-7-6;/h1-3H;1H. The number of amides is 1. The van der Waals surface area contributed by atoms with E-state index in [0.717, 1.165) is 0 Å². The van der Waals surface area contributed by atoms with Crippen LogP contribution >= 0.6 is 12.4 Å². The van der Waals surface area contributed by atoms with Crippen molar-refractivity contribution in [3.63, 3.8) is 0 Å². The summed E-state index contributed by atoms with van der Waals surface area (Å²) in [5.41, 5.74) is 1.10. The lowest BCUT2D eigenvalue weighted by molar-refractivity contribution is -0.114. The van der Waals surface area contributed by atoms with Crippen LogP contribution < -0.4 is 0 Å². The Morgan fingerprint density at radius 1 is 1.36 bits per heavy atom. The minimum atomic E-state index is -0.262. The van der Waals surface area contributed by atoms with Gasteiger partial charge < -0.3 is 0 Å². The Kier molecular flexibility index (Phi) is 1.96. The topological polar surface area (TPSA) is 54.1 Å². The van der Waals surface area contributed by atoms with E-state index in [1.54, 1.807) is 6.08 Å². The monoisotopic (exact) mass is 169 g/mol. The highest BCUT2D eigenvalue weighted by molar-refractivity contribution is 6.07. The largest absolute Gasteiger partial charge is 0.280 e. The molecule has 0 atom stereocenters. The molecule has 2 rings (SSSR count). The highest BCUT2D eigenvalue weighted by Gasteiger charge is 2.18. The van der Waals surface area contributed by atoms with Gasteiger partial charge in [0.1, 0.15) is 5.70 Å². The van der Waals surface area contributed by atoms with E-state index >= 15 is 0 Å². The van der Waals surface area contributed by atoms with Crippen molar-refractivity contribution < 1.29 is 4.79 Å². The molecule has 0 N–H and O–H groups in total. The van der Waals surface area contributed by atoms with Crippen molar-refractivity contribution in [2.45, 2.75) is 0 Å². The third-order valence-corrected chi connectivity index (χ3v) is 1.28. The van der Waals surface area contributed by atoms with Crippen molar-refractivity contribution in [1.29, 1.82) is 0 Å². The molecular formula is C6H4ClN3O. The Morgan fingerprint density at radius 3 is 2.91 bits per heavy atom. The van der Waals surface area contributed by atoms with Gasteiger partial charge in [-0.25, -0.2) is 4.99 Å². The minimum Gasteiger partial charge on any atom is -0.267 e. The van der Waals surface area contributed by atoms with E-state index in [-0.39, 0.29) is 18.3 Å². The summed E-state index contributed by atoms with van der Waals surface area (Å²) in [5.74, 6) is -0.262. The molecule has 0 unspecified atom stereocenters. The molecule has 0 radical (unpaired) electrons. The SMILES string of the molecule is Cl.O=C1N=CC=C2N=NC=C12. The smallest absolute Gasteiger partial charge is 0.267 e. The molecule has 0 bridgehead atoms. The van der Waals surface area contributed by atoms with E-state index in [0.29, 0.717) is 11.3 Å². The number of dihydropyridines is 1. The van der Waals surface area contributed by atoms with Gasteiger partial charge in [-0.15, -0.1) is 12.4 Å². The van der Waals surface area contributed by atoms with E-state index in [9.17, 15) is 4.79 Å². The van der Waals surface area contributed by atoms with Gasteiger partial charge in [-0.1, -0.05) is 0 Å². The summed E-state index contributed by atoms with van der Waals surface area (Å²) in [6.07, 6.45) is 4.51. The van der Waals surface area contributed by atoms with E-state index < -0.39 is 0 Å². The van der Waals surface area contributed by atoms with E-state index in [2.05, 4.69) is 15.2 Å². The van der Waals surface area contributed by atoms with Crippen LogP contribution in [0.5, 0.6) is 0 Å². The van der Waals surface area contributed by atoms with Gasteiger partial charge >= 0.3 is 0 Å². The zero-order valence-electron chi connectivity index (χ0n) is 5.39. The average Bonchev–Trinajstić information content (AvgIpc) is 2.36. The van der Waals surface area contributed by atoms with Crippen molar-refractivity contribution >= 4 is 24.5 Å². The minimum absolute atomic E-state index is 0. The lowest BCUT2D eigenvalue weighted by atomic mass is 10.2. The molecule has 0 saturated heterocycles. The van der Waals surface area contributed by atoms with E-state index in [1.807, 2.05) is 0 Å². The summed E-state index contributed by atoms with van der Waals surface area (Å²) in [6.45, 7) is 0. The first-order valence-corrected chi connectivity index (χ1v) is 2.78. The Hall–Kier alpha value is -1.29. The van der Waals surface area contributed by atoms with Crippen LogP contribution in [0, 0.1) is 0 Å². The number of aliphatic imine (C=N–C) groups is 1. The second kappa shape index (κ2) is 2.75. The molecule has 0 aromatic heterocycles. The molecule has 56 valence electrons. The van der Waals surface area contributed by atoms with Crippen LogP contribution in [0.3, 0.4) is 0 Å². The number of hydrogen-bond acceptors (Lipinski definition) is 3. The second-order valence-electron chi connectivity index (χ2n) is 1.89. The van der Waals surface area contributed by atoms with Gasteiger partial charge in [0.2, 0.25) is 0 Å². The van der Waals surface area contributed by atoms with Crippen LogP contribution in [0.25, 0.3) is 0 Å². The quantitative estimate of drug-likeness (QED) is 0.539. The van der Waals surface area contributed by atoms with Gasteiger partial charge in [-0.05, 0) is 6.08 Å². The maximum atomic E-state index is 10.8. The van der Waals surface area contributed by atoms with Crippen LogP contribution in [0.15, 0.2) is 38.8 Å². The van der Waals surface area contributed by atoms with E-state index in [1.165, 1.54) is 12.4 Å². The Labute approximate surface area is 68.8 Å². The Balaban J connectivity index is 0.000000605. The molecule has 2 heterocycles. The molecular weight excluding hydrogens is 166 g/mol. The maximum absolute atomic E-state index is 10.8. The molecule has 4 nitrogen and oxygen atoms in total. The molecule has 0 aromatic carbocycles. The lowest BCUT2D eigenvalue weighted by Crippen LogP contribution is -2.03. The van der Waals surface area contributed by atoms with Gasteiger partial charge in [-0.2, -0.15) is 10.2 Å². The molecule has 0 saturated carbocycles. The molecule has 0 spiro atoms. The predicted octanol–water partition coefficient (Wildman–Crippen LogP) is 1.25. The van der Waals surface area contributed by atoms with Gasteiger partial charge in [0.15, 0.2) is 0 Å². The third kappa shape index (κ3) is 1.12. The van der Waals surface area contributed by atoms with Crippen molar-refractivity contribution in [1.82, 2.24) is 0 Å². The number of azo groups is 1. The molecule has 5 heteroatoms. The molecule has 11 heavy (non-hydrogen) atoms. The maximum Gasteiger partial charge on any atom is 0.280 e. The fraction of sp³-hybridized carbons (Fsp3) is 0. The number of fused-ring (bicyclic) bond motifs is 1. The summed E-state index contributed by atoms with van der Waals surface area (Å²) >= 11 is 0. The van der Waals surface area contributed by atoms with Crippen LogP contribution in [0.1, 0.15) is 0 Å². The van der Waals surface area contributed by atoms with Crippen LogP contribution in [-0.2, 0) is 4.79 Å². The summed E-state index contributed by atoms with van der Waals surface area (Å²) in [7, 11) is 0. The van der Waals surface area contributed by atoms with Gasteiger partial charge in [0, 0.05) is 6.21 Å². The molecule has 0 aliphatic carbocycles. The first kappa shape index (κ1) is 7.81.